The smallest absolute Gasteiger partial charge is 0.122 e. The maximum Gasteiger partial charge on any atom is 0.122 e. The number of phenols is 2. The molecule has 1 aromatic carbocycles. The normalized spacial score (nSPS) is 16.5. The quantitative estimate of drug-likeness (QED) is 0.280. The number of aryl methyl sites for hydroxylation is 2. The van der Waals surface area contributed by atoms with E-state index in [1.165, 1.54) is 25.7 Å². The number of aromatic hydroxyl groups is 2. The summed E-state index contributed by atoms with van der Waals surface area (Å²) in [5.74, 6) is 0.702. The summed E-state index contributed by atoms with van der Waals surface area (Å²) in [7, 11) is 0. The standard InChI is InChI=1S/C20H31IO2/c1-4-19(2,3)9-5-7-15-13-17(22)14-16(18(15)23)8-6-10-20(21)11-12-20/h13-14,22-23H,4-12H2,1-3H3. The van der Waals surface area contributed by atoms with Crippen molar-refractivity contribution in [2.24, 2.45) is 5.41 Å². The number of halogens is 1. The Hall–Kier alpha value is -0.450. The monoisotopic (exact) mass is 430 g/mol. The van der Waals surface area contributed by atoms with E-state index in [0.29, 0.717) is 14.6 Å². The molecule has 2 nitrogen and oxygen atoms in total. The fourth-order valence-corrected chi connectivity index (χ4v) is 3.69. The SMILES string of the molecule is CCC(C)(C)CCCc1cc(O)cc(CCCC2(I)CC2)c1O. The van der Waals surface area contributed by atoms with Gasteiger partial charge < -0.3 is 10.2 Å². The Kier molecular flexibility index (Phi) is 6.26. The molecule has 2 rings (SSSR count). The first-order valence-electron chi connectivity index (χ1n) is 8.97. The van der Waals surface area contributed by atoms with Crippen LogP contribution in [0.25, 0.3) is 0 Å². The number of hydrogen-bond acceptors (Lipinski definition) is 2. The lowest BCUT2D eigenvalue weighted by Gasteiger charge is -2.22. The van der Waals surface area contributed by atoms with E-state index in [4.69, 9.17) is 0 Å². The lowest BCUT2D eigenvalue weighted by Crippen LogP contribution is -2.09. The molecule has 130 valence electrons. The molecule has 0 aromatic heterocycles. The molecule has 0 aliphatic heterocycles. The van der Waals surface area contributed by atoms with E-state index < -0.39 is 0 Å². The largest absolute Gasteiger partial charge is 0.508 e. The highest BCUT2D eigenvalue weighted by Gasteiger charge is 2.38. The maximum atomic E-state index is 10.5. The van der Waals surface area contributed by atoms with Crippen molar-refractivity contribution in [2.45, 2.75) is 82.0 Å². The Morgan fingerprint density at radius 2 is 1.65 bits per heavy atom. The van der Waals surface area contributed by atoms with Gasteiger partial charge in [-0.2, -0.15) is 0 Å². The zero-order chi connectivity index (χ0) is 17.1. The molecule has 0 radical (unpaired) electrons. The topological polar surface area (TPSA) is 40.5 Å². The average molecular weight is 430 g/mol. The van der Waals surface area contributed by atoms with Crippen LogP contribution in [-0.2, 0) is 12.8 Å². The third-order valence-electron chi connectivity index (χ3n) is 5.37. The summed E-state index contributed by atoms with van der Waals surface area (Å²) in [6.07, 6.45) is 10.0. The molecule has 0 atom stereocenters. The summed E-state index contributed by atoms with van der Waals surface area (Å²) < 4.78 is 0.527. The van der Waals surface area contributed by atoms with Gasteiger partial charge in [0.15, 0.2) is 0 Å². The van der Waals surface area contributed by atoms with Gasteiger partial charge in [-0.05, 0) is 80.0 Å². The van der Waals surface area contributed by atoms with Crippen molar-refractivity contribution in [2.75, 3.05) is 0 Å². The third kappa shape index (κ3) is 5.84. The molecular weight excluding hydrogens is 399 g/mol. The van der Waals surface area contributed by atoms with E-state index in [1.807, 2.05) is 0 Å². The summed E-state index contributed by atoms with van der Waals surface area (Å²) >= 11 is 2.57. The number of hydrogen-bond donors (Lipinski definition) is 2. The minimum absolute atomic E-state index is 0.290. The summed E-state index contributed by atoms with van der Waals surface area (Å²) in [6, 6.07) is 3.47. The molecule has 1 fully saturated rings. The van der Waals surface area contributed by atoms with Gasteiger partial charge in [-0.15, -0.1) is 0 Å². The van der Waals surface area contributed by atoms with Crippen LogP contribution in [0.5, 0.6) is 11.5 Å². The highest BCUT2D eigenvalue weighted by atomic mass is 127. The fraction of sp³-hybridized carbons (Fsp3) is 0.700. The van der Waals surface area contributed by atoms with Crippen molar-refractivity contribution in [1.29, 1.82) is 0 Å². The molecule has 3 heteroatoms. The summed E-state index contributed by atoms with van der Waals surface area (Å²) in [5, 5.41) is 20.5. The molecule has 1 aliphatic carbocycles. The van der Waals surface area contributed by atoms with Crippen LogP contribution in [0.4, 0.5) is 0 Å². The van der Waals surface area contributed by atoms with Gasteiger partial charge in [-0.25, -0.2) is 0 Å². The highest BCUT2D eigenvalue weighted by Crippen LogP contribution is 2.49. The van der Waals surface area contributed by atoms with Crippen molar-refractivity contribution >= 4 is 22.6 Å². The Morgan fingerprint density at radius 3 is 2.17 bits per heavy atom. The second-order valence-corrected chi connectivity index (χ2v) is 10.3. The molecule has 1 saturated carbocycles. The fourth-order valence-electron chi connectivity index (χ4n) is 3.04. The predicted molar refractivity (Wildman–Crippen MR) is 106 cm³/mol. The molecule has 0 amide bonds. The van der Waals surface area contributed by atoms with Gasteiger partial charge in [-0.3, -0.25) is 0 Å². The number of rotatable bonds is 9. The van der Waals surface area contributed by atoms with Crippen molar-refractivity contribution in [3.8, 4) is 11.5 Å². The van der Waals surface area contributed by atoms with Gasteiger partial charge in [0.25, 0.3) is 0 Å². The van der Waals surface area contributed by atoms with E-state index in [1.54, 1.807) is 12.1 Å². The molecule has 2 N–H and O–H groups in total. The van der Waals surface area contributed by atoms with Crippen LogP contribution < -0.4 is 0 Å². The zero-order valence-corrected chi connectivity index (χ0v) is 16.9. The Labute approximate surface area is 154 Å². The molecule has 0 saturated heterocycles. The molecular formula is C20H31IO2. The van der Waals surface area contributed by atoms with E-state index in [0.717, 1.165) is 43.2 Å². The summed E-state index contributed by atoms with van der Waals surface area (Å²) in [4.78, 5) is 0. The van der Waals surface area contributed by atoms with E-state index in [9.17, 15) is 10.2 Å². The van der Waals surface area contributed by atoms with Crippen LogP contribution in [-0.4, -0.2) is 13.6 Å². The first-order chi connectivity index (χ1) is 10.7. The molecule has 1 aromatic rings. The van der Waals surface area contributed by atoms with Crippen LogP contribution >= 0.6 is 22.6 Å². The van der Waals surface area contributed by atoms with Crippen molar-refractivity contribution in [3.05, 3.63) is 23.3 Å². The summed E-state index contributed by atoms with van der Waals surface area (Å²) in [6.45, 7) is 6.81. The molecule has 0 unspecified atom stereocenters. The maximum absolute atomic E-state index is 10.5. The van der Waals surface area contributed by atoms with Crippen LogP contribution in [0, 0.1) is 5.41 Å². The Bertz CT molecular complexity index is 533. The highest BCUT2D eigenvalue weighted by molar-refractivity contribution is 14.1. The molecule has 23 heavy (non-hydrogen) atoms. The van der Waals surface area contributed by atoms with Gasteiger partial charge in [-0.1, -0.05) is 49.8 Å². The van der Waals surface area contributed by atoms with Crippen LogP contribution in [0.15, 0.2) is 12.1 Å². The van der Waals surface area contributed by atoms with Crippen LogP contribution in [0.2, 0.25) is 0 Å². The lowest BCUT2D eigenvalue weighted by molar-refractivity contribution is 0.312. The number of benzene rings is 1. The lowest BCUT2D eigenvalue weighted by atomic mass is 9.84. The Morgan fingerprint density at radius 1 is 1.09 bits per heavy atom. The second-order valence-electron chi connectivity index (χ2n) is 7.99. The van der Waals surface area contributed by atoms with Gasteiger partial charge >= 0.3 is 0 Å². The number of alkyl halides is 1. The number of phenolic OH excluding ortho intramolecular Hbond substituents is 2. The van der Waals surface area contributed by atoms with Gasteiger partial charge in [0.2, 0.25) is 0 Å². The second kappa shape index (κ2) is 7.62. The molecule has 0 heterocycles. The van der Waals surface area contributed by atoms with Crippen LogP contribution in [0.1, 0.15) is 76.8 Å². The van der Waals surface area contributed by atoms with Crippen molar-refractivity contribution < 1.29 is 10.2 Å². The first-order valence-corrected chi connectivity index (χ1v) is 10.1. The van der Waals surface area contributed by atoms with Gasteiger partial charge in [0.1, 0.15) is 11.5 Å². The van der Waals surface area contributed by atoms with Crippen molar-refractivity contribution in [1.82, 2.24) is 0 Å². The molecule has 1 aliphatic rings. The van der Waals surface area contributed by atoms with E-state index >= 15 is 0 Å². The van der Waals surface area contributed by atoms with E-state index in [2.05, 4.69) is 43.4 Å². The van der Waals surface area contributed by atoms with Gasteiger partial charge in [0.05, 0.1) is 0 Å². The van der Waals surface area contributed by atoms with Gasteiger partial charge in [0, 0.05) is 3.42 Å². The van der Waals surface area contributed by atoms with E-state index in [-0.39, 0.29) is 5.75 Å². The average Bonchev–Trinajstić information content (AvgIpc) is 3.21. The summed E-state index contributed by atoms with van der Waals surface area (Å²) in [5.41, 5.74) is 2.17. The Balaban J connectivity index is 1.94. The van der Waals surface area contributed by atoms with Crippen LogP contribution in [0.3, 0.4) is 0 Å². The minimum Gasteiger partial charge on any atom is -0.508 e. The predicted octanol–water partition coefficient (Wildman–Crippen LogP) is 6.15. The van der Waals surface area contributed by atoms with Crippen molar-refractivity contribution in [3.63, 3.8) is 0 Å². The zero-order valence-electron chi connectivity index (χ0n) is 14.8. The molecule has 0 bridgehead atoms. The molecule has 0 spiro atoms. The third-order valence-corrected chi connectivity index (χ3v) is 6.99. The first kappa shape index (κ1) is 18.9. The minimum atomic E-state index is 0.290.